The van der Waals surface area contributed by atoms with Crippen molar-refractivity contribution in [1.82, 2.24) is 4.90 Å². The van der Waals surface area contributed by atoms with Crippen molar-refractivity contribution >= 4 is 5.96 Å². The van der Waals surface area contributed by atoms with Crippen LogP contribution in [0.25, 0.3) is 0 Å². The van der Waals surface area contributed by atoms with Gasteiger partial charge in [-0.1, -0.05) is 20.8 Å². The smallest absolute Gasteiger partial charge is 0.188 e. The first-order valence-corrected chi connectivity index (χ1v) is 4.79. The maximum Gasteiger partial charge on any atom is 0.188 e. The molecule has 1 aliphatic rings. The van der Waals surface area contributed by atoms with Gasteiger partial charge < -0.3 is 10.6 Å². The summed E-state index contributed by atoms with van der Waals surface area (Å²) in [5.74, 6) is 1.04. The molecule has 0 aromatic carbocycles. The molecule has 0 unspecified atom stereocenters. The summed E-state index contributed by atoms with van der Waals surface area (Å²) in [7, 11) is 0. The molecular formula is C9H21N3. The van der Waals surface area contributed by atoms with Crippen LogP contribution in [0, 0.1) is 11.3 Å². The van der Waals surface area contributed by atoms with E-state index in [9.17, 15) is 0 Å². The van der Waals surface area contributed by atoms with E-state index in [2.05, 4.69) is 6.92 Å². The van der Waals surface area contributed by atoms with Crippen LogP contribution in [0.4, 0.5) is 0 Å². The van der Waals surface area contributed by atoms with E-state index in [0.29, 0.717) is 0 Å². The summed E-state index contributed by atoms with van der Waals surface area (Å²) in [6.45, 7) is 8.18. The van der Waals surface area contributed by atoms with Crippen molar-refractivity contribution in [2.24, 2.45) is 11.7 Å². The zero-order valence-electron chi connectivity index (χ0n) is 8.43. The van der Waals surface area contributed by atoms with E-state index >= 15 is 0 Å². The molecule has 72 valence electrons. The fraction of sp³-hybridized carbons (Fsp3) is 0.889. The minimum atomic E-state index is 0.229. The van der Waals surface area contributed by atoms with Crippen molar-refractivity contribution in [3.63, 3.8) is 0 Å². The summed E-state index contributed by atoms with van der Waals surface area (Å²) in [6, 6.07) is 0. The molecular weight excluding hydrogens is 150 g/mol. The van der Waals surface area contributed by atoms with Gasteiger partial charge in [0.05, 0.1) is 0 Å². The van der Waals surface area contributed by atoms with Crippen LogP contribution in [0.5, 0.6) is 0 Å². The average molecular weight is 171 g/mol. The molecule has 0 radical (unpaired) electrons. The van der Waals surface area contributed by atoms with Crippen LogP contribution in [-0.2, 0) is 0 Å². The number of hydrogen-bond donors (Lipinski definition) is 2. The van der Waals surface area contributed by atoms with Crippen LogP contribution in [0.15, 0.2) is 0 Å². The van der Waals surface area contributed by atoms with Crippen molar-refractivity contribution in [3.8, 4) is 0 Å². The van der Waals surface area contributed by atoms with Gasteiger partial charge >= 0.3 is 0 Å². The molecule has 1 heterocycles. The van der Waals surface area contributed by atoms with Crippen LogP contribution in [0.1, 0.15) is 33.6 Å². The van der Waals surface area contributed by atoms with Gasteiger partial charge in [-0.2, -0.15) is 0 Å². The molecule has 1 aliphatic heterocycles. The van der Waals surface area contributed by atoms with E-state index in [1.807, 2.05) is 18.7 Å². The zero-order valence-corrected chi connectivity index (χ0v) is 8.43. The molecule has 3 heteroatoms. The third-order valence-corrected chi connectivity index (χ3v) is 2.12. The van der Waals surface area contributed by atoms with Gasteiger partial charge in [-0.25, -0.2) is 0 Å². The summed E-state index contributed by atoms with van der Waals surface area (Å²) in [5, 5.41) is 7.16. The zero-order chi connectivity index (χ0) is 9.56. The van der Waals surface area contributed by atoms with Crippen LogP contribution >= 0.6 is 0 Å². The highest BCUT2D eigenvalue weighted by atomic mass is 15.2. The molecule has 0 atom stereocenters. The standard InChI is InChI=1S/C7H15N3.C2H6/c1-6-2-4-10(5-3-6)7(8)9;1-2/h6H,2-5H2,1H3,(H3,8,9);1-2H3. The van der Waals surface area contributed by atoms with Crippen LogP contribution in [0.3, 0.4) is 0 Å². The number of nitrogens with one attached hydrogen (secondary N) is 1. The monoisotopic (exact) mass is 171 g/mol. The third kappa shape index (κ3) is 3.60. The number of piperidine rings is 1. The summed E-state index contributed by atoms with van der Waals surface area (Å²) in [5.41, 5.74) is 5.32. The summed E-state index contributed by atoms with van der Waals surface area (Å²) < 4.78 is 0. The molecule has 1 saturated heterocycles. The van der Waals surface area contributed by atoms with E-state index in [0.717, 1.165) is 19.0 Å². The highest BCUT2D eigenvalue weighted by molar-refractivity contribution is 5.74. The summed E-state index contributed by atoms with van der Waals surface area (Å²) in [6.07, 6.45) is 2.36. The number of likely N-dealkylation sites (tertiary alicyclic amines) is 1. The van der Waals surface area contributed by atoms with E-state index < -0.39 is 0 Å². The SMILES string of the molecule is CC.CC1CCN(C(=N)N)CC1. The Balaban J connectivity index is 0.000000561. The van der Waals surface area contributed by atoms with Crippen molar-refractivity contribution in [1.29, 1.82) is 5.41 Å². The molecule has 0 spiro atoms. The van der Waals surface area contributed by atoms with Gasteiger partial charge in [-0.05, 0) is 18.8 Å². The van der Waals surface area contributed by atoms with Crippen molar-refractivity contribution in [3.05, 3.63) is 0 Å². The predicted molar refractivity (Wildman–Crippen MR) is 53.2 cm³/mol. The lowest BCUT2D eigenvalue weighted by molar-refractivity contribution is 0.277. The first-order valence-electron chi connectivity index (χ1n) is 4.79. The Morgan fingerprint density at radius 3 is 2.08 bits per heavy atom. The molecule has 0 aliphatic carbocycles. The highest BCUT2D eigenvalue weighted by Crippen LogP contribution is 2.14. The van der Waals surface area contributed by atoms with E-state index in [1.165, 1.54) is 12.8 Å². The second-order valence-corrected chi connectivity index (χ2v) is 3.05. The topological polar surface area (TPSA) is 53.1 Å². The molecule has 0 aromatic rings. The Morgan fingerprint density at radius 2 is 1.75 bits per heavy atom. The van der Waals surface area contributed by atoms with Gasteiger partial charge in [0.1, 0.15) is 0 Å². The first kappa shape index (κ1) is 11.3. The van der Waals surface area contributed by atoms with Crippen molar-refractivity contribution in [2.75, 3.05) is 13.1 Å². The molecule has 1 rings (SSSR count). The normalized spacial score (nSPS) is 18.1. The van der Waals surface area contributed by atoms with Gasteiger partial charge in [-0.15, -0.1) is 0 Å². The Hall–Kier alpha value is -0.730. The Bertz CT molecular complexity index is 126. The Labute approximate surface area is 75.4 Å². The second-order valence-electron chi connectivity index (χ2n) is 3.05. The predicted octanol–water partition coefficient (Wildman–Crippen LogP) is 1.64. The number of rotatable bonds is 0. The fourth-order valence-electron chi connectivity index (χ4n) is 1.25. The minimum Gasteiger partial charge on any atom is -0.370 e. The molecule has 12 heavy (non-hydrogen) atoms. The molecule has 0 aromatic heterocycles. The minimum absolute atomic E-state index is 0.229. The maximum atomic E-state index is 7.16. The average Bonchev–Trinajstić information content (AvgIpc) is 2.09. The number of nitrogens with two attached hydrogens (primary N) is 1. The van der Waals surface area contributed by atoms with E-state index in [1.54, 1.807) is 0 Å². The quantitative estimate of drug-likeness (QED) is 0.430. The lowest BCUT2D eigenvalue weighted by Crippen LogP contribution is -2.41. The van der Waals surface area contributed by atoms with E-state index in [4.69, 9.17) is 11.1 Å². The van der Waals surface area contributed by atoms with Crippen LogP contribution < -0.4 is 5.73 Å². The summed E-state index contributed by atoms with van der Waals surface area (Å²) in [4.78, 5) is 1.93. The van der Waals surface area contributed by atoms with Crippen LogP contribution in [0.2, 0.25) is 0 Å². The first-order chi connectivity index (χ1) is 5.70. The lowest BCUT2D eigenvalue weighted by Gasteiger charge is -2.30. The van der Waals surface area contributed by atoms with Crippen molar-refractivity contribution < 1.29 is 0 Å². The molecule has 0 bridgehead atoms. The van der Waals surface area contributed by atoms with Gasteiger partial charge in [0, 0.05) is 13.1 Å². The van der Waals surface area contributed by atoms with Crippen LogP contribution in [-0.4, -0.2) is 23.9 Å². The van der Waals surface area contributed by atoms with E-state index in [-0.39, 0.29) is 5.96 Å². The molecule has 0 saturated carbocycles. The second kappa shape index (κ2) is 5.86. The van der Waals surface area contributed by atoms with Gasteiger partial charge in [0.15, 0.2) is 5.96 Å². The largest absolute Gasteiger partial charge is 0.370 e. The van der Waals surface area contributed by atoms with Gasteiger partial charge in [-0.3, -0.25) is 5.41 Å². The van der Waals surface area contributed by atoms with Crippen molar-refractivity contribution in [2.45, 2.75) is 33.6 Å². The van der Waals surface area contributed by atoms with Gasteiger partial charge in [0.25, 0.3) is 0 Å². The molecule has 3 N–H and O–H groups in total. The summed E-state index contributed by atoms with van der Waals surface area (Å²) >= 11 is 0. The number of hydrogen-bond acceptors (Lipinski definition) is 1. The fourth-order valence-corrected chi connectivity index (χ4v) is 1.25. The Morgan fingerprint density at radius 1 is 1.33 bits per heavy atom. The maximum absolute atomic E-state index is 7.16. The Kier molecular flexibility index (Phi) is 5.51. The third-order valence-electron chi connectivity index (χ3n) is 2.12. The molecule has 0 amide bonds. The molecule has 3 nitrogen and oxygen atoms in total. The number of guanidine groups is 1. The lowest BCUT2D eigenvalue weighted by atomic mass is 10.00. The van der Waals surface area contributed by atoms with Gasteiger partial charge in [0.2, 0.25) is 0 Å². The molecule has 1 fully saturated rings. The highest BCUT2D eigenvalue weighted by Gasteiger charge is 2.15. The number of nitrogens with zero attached hydrogens (tertiary/aromatic N) is 1.